The molecule has 0 bridgehead atoms. The van der Waals surface area contributed by atoms with Crippen molar-refractivity contribution in [2.75, 3.05) is 6.61 Å². The van der Waals surface area contributed by atoms with Crippen LogP contribution in [0.5, 0.6) is 0 Å². The largest absolute Gasteiger partial charge is 0.396 e. The Bertz CT molecular complexity index is 1390. The number of aryl methyl sites for hydroxylation is 1. The molecule has 0 saturated carbocycles. The lowest BCUT2D eigenvalue weighted by Crippen LogP contribution is -2.40. The predicted octanol–water partition coefficient (Wildman–Crippen LogP) is 1.15. The molecule has 0 aliphatic carbocycles. The molecular formula is C22H23BClN5O3. The number of benzene rings is 1. The lowest BCUT2D eigenvalue weighted by atomic mass is 9.73. The highest BCUT2D eigenvalue weighted by Crippen LogP contribution is 2.23. The minimum atomic E-state index is -0.459. The van der Waals surface area contributed by atoms with Crippen molar-refractivity contribution in [1.82, 2.24) is 23.7 Å². The molecule has 0 fully saturated rings. The summed E-state index contributed by atoms with van der Waals surface area (Å²) in [5, 5.41) is 9.73. The van der Waals surface area contributed by atoms with Crippen LogP contribution in [0.15, 0.2) is 52.2 Å². The number of pyridine rings is 1. The van der Waals surface area contributed by atoms with E-state index in [0.717, 1.165) is 22.9 Å². The fourth-order valence-corrected chi connectivity index (χ4v) is 3.88. The predicted molar refractivity (Wildman–Crippen MR) is 127 cm³/mol. The van der Waals surface area contributed by atoms with Gasteiger partial charge < -0.3 is 9.67 Å². The number of rotatable bonds is 7. The maximum absolute atomic E-state index is 13.4. The second-order valence-corrected chi connectivity index (χ2v) is 8.03. The third-order valence-corrected chi connectivity index (χ3v) is 5.70. The lowest BCUT2D eigenvalue weighted by Gasteiger charge is -2.11. The summed E-state index contributed by atoms with van der Waals surface area (Å²) in [6.07, 6.45) is 1.86. The average molecular weight is 452 g/mol. The molecular weight excluding hydrogens is 429 g/mol. The second kappa shape index (κ2) is 9.14. The average Bonchev–Trinajstić information content (AvgIpc) is 3.18. The Morgan fingerprint density at radius 3 is 2.66 bits per heavy atom. The summed E-state index contributed by atoms with van der Waals surface area (Å²) in [4.78, 5) is 35.3. The molecule has 1 N–H and O–H groups in total. The van der Waals surface area contributed by atoms with Gasteiger partial charge in [-0.1, -0.05) is 48.2 Å². The molecule has 0 saturated heterocycles. The van der Waals surface area contributed by atoms with Crippen LogP contribution >= 0.6 is 11.6 Å². The van der Waals surface area contributed by atoms with Crippen LogP contribution in [-0.2, 0) is 20.1 Å². The van der Waals surface area contributed by atoms with Crippen LogP contribution in [0.25, 0.3) is 22.6 Å². The van der Waals surface area contributed by atoms with E-state index in [-0.39, 0.29) is 19.7 Å². The third kappa shape index (κ3) is 4.01. The van der Waals surface area contributed by atoms with Crippen molar-refractivity contribution >= 4 is 35.5 Å². The molecule has 0 unspecified atom stereocenters. The minimum absolute atomic E-state index is 0.114. The molecule has 0 atom stereocenters. The number of aliphatic hydroxyl groups excluding tert-OH is 1. The highest BCUT2D eigenvalue weighted by molar-refractivity contribution is 6.52. The maximum Gasteiger partial charge on any atom is 0.332 e. The Hall–Kier alpha value is -3.17. The number of aromatic nitrogens is 5. The molecule has 32 heavy (non-hydrogen) atoms. The van der Waals surface area contributed by atoms with E-state index in [9.17, 15) is 14.7 Å². The van der Waals surface area contributed by atoms with E-state index in [0.29, 0.717) is 34.1 Å². The number of halogens is 1. The molecule has 0 amide bonds. The summed E-state index contributed by atoms with van der Waals surface area (Å²) in [6.45, 7) is 2.37. The van der Waals surface area contributed by atoms with Gasteiger partial charge in [-0.05, 0) is 18.6 Å². The van der Waals surface area contributed by atoms with Crippen LogP contribution in [0.2, 0.25) is 11.8 Å². The Morgan fingerprint density at radius 1 is 1.16 bits per heavy atom. The van der Waals surface area contributed by atoms with Crippen molar-refractivity contribution in [3.63, 3.8) is 0 Å². The molecule has 3 heterocycles. The van der Waals surface area contributed by atoms with Gasteiger partial charge in [-0.2, -0.15) is 0 Å². The second-order valence-electron chi connectivity index (χ2n) is 7.59. The summed E-state index contributed by atoms with van der Waals surface area (Å²) >= 11 is 5.99. The SMILES string of the molecule is CBc1cccc(-c2nc3c(c(=O)n(CCCO)c(=O)n3C)n2Cc2ccc(Cl)cn2)c1. The number of aliphatic hydroxyl groups is 1. The first kappa shape index (κ1) is 22.0. The van der Waals surface area contributed by atoms with Crippen molar-refractivity contribution in [2.24, 2.45) is 7.05 Å². The van der Waals surface area contributed by atoms with Gasteiger partial charge in [0, 0.05) is 32.0 Å². The van der Waals surface area contributed by atoms with Gasteiger partial charge in [0.2, 0.25) is 0 Å². The first-order chi connectivity index (χ1) is 15.4. The van der Waals surface area contributed by atoms with Crippen LogP contribution in [-0.4, -0.2) is 42.7 Å². The van der Waals surface area contributed by atoms with Crippen LogP contribution in [0.3, 0.4) is 0 Å². The van der Waals surface area contributed by atoms with Gasteiger partial charge in [0.15, 0.2) is 18.4 Å². The molecule has 0 spiro atoms. The molecule has 8 nitrogen and oxygen atoms in total. The van der Waals surface area contributed by atoms with Gasteiger partial charge in [-0.25, -0.2) is 9.78 Å². The zero-order valence-electron chi connectivity index (χ0n) is 18.0. The van der Waals surface area contributed by atoms with E-state index < -0.39 is 11.2 Å². The summed E-state index contributed by atoms with van der Waals surface area (Å²) in [5.74, 6) is 0.582. The highest BCUT2D eigenvalue weighted by Gasteiger charge is 2.21. The van der Waals surface area contributed by atoms with E-state index in [4.69, 9.17) is 16.6 Å². The fraction of sp³-hybridized carbons (Fsp3) is 0.273. The highest BCUT2D eigenvalue weighted by atomic mass is 35.5. The third-order valence-electron chi connectivity index (χ3n) is 5.47. The van der Waals surface area contributed by atoms with Gasteiger partial charge in [0.05, 0.1) is 17.3 Å². The van der Waals surface area contributed by atoms with Crippen molar-refractivity contribution in [2.45, 2.75) is 26.3 Å². The first-order valence-electron chi connectivity index (χ1n) is 10.4. The monoisotopic (exact) mass is 451 g/mol. The minimum Gasteiger partial charge on any atom is -0.396 e. The molecule has 4 aromatic rings. The van der Waals surface area contributed by atoms with Crippen molar-refractivity contribution in [1.29, 1.82) is 0 Å². The fourth-order valence-electron chi connectivity index (χ4n) is 3.76. The number of hydrogen-bond acceptors (Lipinski definition) is 5. The molecule has 4 rings (SSSR count). The van der Waals surface area contributed by atoms with Crippen LogP contribution < -0.4 is 16.7 Å². The van der Waals surface area contributed by atoms with E-state index in [1.807, 2.05) is 24.3 Å². The number of hydrogen-bond donors (Lipinski definition) is 1. The maximum atomic E-state index is 13.4. The zero-order valence-corrected chi connectivity index (χ0v) is 18.7. The van der Waals surface area contributed by atoms with E-state index >= 15 is 0 Å². The van der Waals surface area contributed by atoms with Gasteiger partial charge >= 0.3 is 5.69 Å². The normalized spacial score (nSPS) is 11.2. The molecule has 1 aromatic carbocycles. The molecule has 0 radical (unpaired) electrons. The Morgan fingerprint density at radius 2 is 1.97 bits per heavy atom. The topological polar surface area (TPSA) is 94.9 Å². The molecule has 0 aliphatic rings. The molecule has 0 aliphatic heterocycles. The van der Waals surface area contributed by atoms with E-state index in [1.165, 1.54) is 4.57 Å². The van der Waals surface area contributed by atoms with Gasteiger partial charge in [-0.3, -0.25) is 18.9 Å². The lowest BCUT2D eigenvalue weighted by molar-refractivity contribution is 0.277. The van der Waals surface area contributed by atoms with Crippen LogP contribution in [0.1, 0.15) is 12.1 Å². The Balaban J connectivity index is 2.02. The van der Waals surface area contributed by atoms with E-state index in [1.54, 1.807) is 29.9 Å². The Kier molecular flexibility index (Phi) is 6.29. The van der Waals surface area contributed by atoms with E-state index in [2.05, 4.69) is 11.8 Å². The molecule has 3 aromatic heterocycles. The van der Waals surface area contributed by atoms with Crippen LogP contribution in [0.4, 0.5) is 0 Å². The van der Waals surface area contributed by atoms with Crippen molar-refractivity contribution in [3.8, 4) is 11.4 Å². The van der Waals surface area contributed by atoms with Crippen molar-refractivity contribution in [3.05, 3.63) is 74.1 Å². The zero-order chi connectivity index (χ0) is 22.8. The van der Waals surface area contributed by atoms with Gasteiger partial charge in [-0.15, -0.1) is 0 Å². The quantitative estimate of drug-likeness (QED) is 0.425. The molecule has 164 valence electrons. The van der Waals surface area contributed by atoms with Gasteiger partial charge in [0.1, 0.15) is 5.82 Å². The standard InChI is InChI=1S/C22H23BClN5O3/c1-23-15-6-3-5-14(11-15)19-26-20-18(29(19)13-17-8-7-16(24)12-25-17)21(31)28(9-4-10-30)22(32)27(20)2/h3,5-8,11-12,23,30H,4,9-10,13H2,1-2H3. The summed E-state index contributed by atoms with van der Waals surface area (Å²) < 4.78 is 4.34. The summed E-state index contributed by atoms with van der Waals surface area (Å²) in [6, 6.07) is 11.5. The van der Waals surface area contributed by atoms with Gasteiger partial charge in [0.25, 0.3) is 5.56 Å². The number of imidazole rings is 1. The molecule has 10 heteroatoms. The smallest absolute Gasteiger partial charge is 0.332 e. The first-order valence-corrected chi connectivity index (χ1v) is 10.8. The number of nitrogens with zero attached hydrogens (tertiary/aromatic N) is 5. The van der Waals surface area contributed by atoms with Crippen LogP contribution in [0, 0.1) is 0 Å². The summed E-state index contributed by atoms with van der Waals surface area (Å²) in [7, 11) is 2.46. The van der Waals surface area contributed by atoms with Crippen molar-refractivity contribution < 1.29 is 5.11 Å². The number of fused-ring (bicyclic) bond motifs is 1. The Labute approximate surface area is 190 Å². The summed E-state index contributed by atoms with van der Waals surface area (Å²) in [5.41, 5.74) is 2.43.